The highest BCUT2D eigenvalue weighted by Gasteiger charge is 2.25. The molecule has 158 valence electrons. The van der Waals surface area contributed by atoms with Gasteiger partial charge < -0.3 is 9.47 Å². The number of carbonyl (C=O) groups is 1. The highest BCUT2D eigenvalue weighted by molar-refractivity contribution is 8.00. The van der Waals surface area contributed by atoms with Gasteiger partial charge in [-0.25, -0.2) is 0 Å². The summed E-state index contributed by atoms with van der Waals surface area (Å²) in [7, 11) is 1.64. The van der Waals surface area contributed by atoms with Crippen LogP contribution in [0.25, 0.3) is 17.1 Å². The van der Waals surface area contributed by atoms with Crippen molar-refractivity contribution in [1.29, 1.82) is 0 Å². The molecule has 0 amide bonds. The first-order valence-corrected chi connectivity index (χ1v) is 11.0. The van der Waals surface area contributed by atoms with Gasteiger partial charge in [0.15, 0.2) is 11.0 Å². The summed E-state index contributed by atoms with van der Waals surface area (Å²) in [5.41, 5.74) is 3.03. The van der Waals surface area contributed by atoms with Gasteiger partial charge in [0.25, 0.3) is 0 Å². The molecule has 1 heterocycles. The van der Waals surface area contributed by atoms with Gasteiger partial charge in [-0.3, -0.25) is 9.36 Å². The summed E-state index contributed by atoms with van der Waals surface area (Å²) in [6.45, 7) is 6.29. The van der Waals surface area contributed by atoms with Crippen LogP contribution < -0.4 is 4.74 Å². The summed E-state index contributed by atoms with van der Waals surface area (Å²) in [6.07, 6.45) is 1.59. The van der Waals surface area contributed by atoms with Crippen molar-refractivity contribution in [2.24, 2.45) is 0 Å². The zero-order valence-electron chi connectivity index (χ0n) is 17.8. The summed E-state index contributed by atoms with van der Waals surface area (Å²) in [5.74, 6) is 1.27. The first-order chi connectivity index (χ1) is 14.6. The lowest BCUT2D eigenvalue weighted by atomic mass is 10.2. The number of esters is 1. The third-order valence-electron chi connectivity index (χ3n) is 4.62. The van der Waals surface area contributed by atoms with Crippen molar-refractivity contribution >= 4 is 17.7 Å². The zero-order chi connectivity index (χ0) is 21.5. The Kier molecular flexibility index (Phi) is 7.52. The van der Waals surface area contributed by atoms with Gasteiger partial charge in [0, 0.05) is 11.3 Å². The molecule has 0 fully saturated rings. The normalized spacial score (nSPS) is 11.9. The van der Waals surface area contributed by atoms with Crippen LogP contribution >= 0.6 is 11.8 Å². The lowest BCUT2D eigenvalue weighted by molar-refractivity contribution is -0.142. The summed E-state index contributed by atoms with van der Waals surface area (Å²) in [6, 6.07) is 15.9. The molecule has 0 aliphatic heterocycles. The number of aromatic nitrogens is 3. The number of methoxy groups -OCH3 is 1. The molecule has 30 heavy (non-hydrogen) atoms. The Hall–Kier alpha value is -2.80. The van der Waals surface area contributed by atoms with Crippen molar-refractivity contribution in [2.45, 2.75) is 44.0 Å². The Labute approximate surface area is 181 Å². The molecule has 0 saturated heterocycles. The standard InChI is InChI=1S/C23H27N3O3S/c1-5-7-20(22(27)29-6-2)30-23-25-24-21(17-10-14-19(28-4)15-11-17)26(23)18-12-8-16(3)9-13-18/h8-15,20H,5-7H2,1-4H3/t20-/m0/s1. The first-order valence-electron chi connectivity index (χ1n) is 10.1. The van der Waals surface area contributed by atoms with E-state index in [1.807, 2.05) is 54.8 Å². The third-order valence-corrected chi connectivity index (χ3v) is 5.81. The van der Waals surface area contributed by atoms with E-state index in [0.717, 1.165) is 23.4 Å². The van der Waals surface area contributed by atoms with E-state index in [1.165, 1.54) is 17.3 Å². The molecule has 0 saturated carbocycles. The first kappa shape index (κ1) is 21.9. The molecule has 1 aromatic heterocycles. The maximum atomic E-state index is 12.5. The SMILES string of the molecule is CCC[C@H](Sc1nnc(-c2ccc(OC)cc2)n1-c1ccc(C)cc1)C(=O)OCC. The number of benzene rings is 2. The fourth-order valence-electron chi connectivity index (χ4n) is 3.05. The average Bonchev–Trinajstić information content (AvgIpc) is 3.17. The van der Waals surface area contributed by atoms with E-state index in [-0.39, 0.29) is 11.2 Å². The van der Waals surface area contributed by atoms with E-state index >= 15 is 0 Å². The number of carbonyl (C=O) groups excluding carboxylic acids is 1. The monoisotopic (exact) mass is 425 g/mol. The molecule has 0 bridgehead atoms. The van der Waals surface area contributed by atoms with Gasteiger partial charge in [-0.1, -0.05) is 42.8 Å². The molecule has 7 heteroatoms. The van der Waals surface area contributed by atoms with Crippen LogP contribution in [0, 0.1) is 6.92 Å². The van der Waals surface area contributed by atoms with Crippen molar-refractivity contribution in [2.75, 3.05) is 13.7 Å². The molecule has 0 radical (unpaired) electrons. The Balaban J connectivity index is 2.05. The predicted octanol–water partition coefficient (Wildman–Crippen LogP) is 5.08. The molecule has 3 aromatic rings. The second-order valence-corrected chi connectivity index (χ2v) is 8.02. The summed E-state index contributed by atoms with van der Waals surface area (Å²) < 4.78 is 12.5. The Morgan fingerprint density at radius 2 is 1.77 bits per heavy atom. The van der Waals surface area contributed by atoms with Crippen LogP contribution in [-0.4, -0.2) is 39.7 Å². The molecule has 1 atom stereocenters. The smallest absolute Gasteiger partial charge is 0.319 e. The van der Waals surface area contributed by atoms with Gasteiger partial charge in [0.05, 0.1) is 13.7 Å². The molecule has 3 rings (SSSR count). The van der Waals surface area contributed by atoms with Crippen LogP contribution in [0.1, 0.15) is 32.3 Å². The minimum atomic E-state index is -0.327. The van der Waals surface area contributed by atoms with E-state index in [0.29, 0.717) is 24.0 Å². The highest BCUT2D eigenvalue weighted by Crippen LogP contribution is 2.32. The maximum absolute atomic E-state index is 12.5. The van der Waals surface area contributed by atoms with Crippen molar-refractivity contribution < 1.29 is 14.3 Å². The van der Waals surface area contributed by atoms with E-state index in [4.69, 9.17) is 9.47 Å². The van der Waals surface area contributed by atoms with Gasteiger partial charge >= 0.3 is 5.97 Å². The fraction of sp³-hybridized carbons (Fsp3) is 0.348. The van der Waals surface area contributed by atoms with Crippen molar-refractivity contribution in [3.05, 3.63) is 54.1 Å². The van der Waals surface area contributed by atoms with E-state index in [1.54, 1.807) is 7.11 Å². The van der Waals surface area contributed by atoms with E-state index in [9.17, 15) is 4.79 Å². The van der Waals surface area contributed by atoms with Crippen LogP contribution in [0.4, 0.5) is 0 Å². The summed E-state index contributed by atoms with van der Waals surface area (Å²) in [5, 5.41) is 9.23. The summed E-state index contributed by atoms with van der Waals surface area (Å²) in [4.78, 5) is 12.5. The molecule has 0 N–H and O–H groups in total. The predicted molar refractivity (Wildman–Crippen MR) is 119 cm³/mol. The second-order valence-electron chi connectivity index (χ2n) is 6.85. The van der Waals surface area contributed by atoms with Gasteiger partial charge in [-0.05, 0) is 56.7 Å². The highest BCUT2D eigenvalue weighted by atomic mass is 32.2. The zero-order valence-corrected chi connectivity index (χ0v) is 18.6. The van der Waals surface area contributed by atoms with Crippen LogP contribution in [0.5, 0.6) is 5.75 Å². The van der Waals surface area contributed by atoms with Crippen molar-refractivity contribution in [3.8, 4) is 22.8 Å². The van der Waals surface area contributed by atoms with Crippen LogP contribution in [-0.2, 0) is 9.53 Å². The molecule has 0 aliphatic carbocycles. The quantitative estimate of drug-likeness (QED) is 0.352. The molecule has 0 spiro atoms. The van der Waals surface area contributed by atoms with Crippen molar-refractivity contribution in [1.82, 2.24) is 14.8 Å². The second kappa shape index (κ2) is 10.3. The number of rotatable bonds is 9. The van der Waals surface area contributed by atoms with Gasteiger partial charge in [-0.2, -0.15) is 0 Å². The number of hydrogen-bond donors (Lipinski definition) is 0. The van der Waals surface area contributed by atoms with Gasteiger partial charge in [-0.15, -0.1) is 10.2 Å². The average molecular weight is 426 g/mol. The number of nitrogens with zero attached hydrogens (tertiary/aromatic N) is 3. The molecular formula is C23H27N3O3S. The molecule has 0 unspecified atom stereocenters. The maximum Gasteiger partial charge on any atom is 0.319 e. The molecule has 2 aromatic carbocycles. The molecule has 6 nitrogen and oxygen atoms in total. The Morgan fingerprint density at radius 3 is 2.37 bits per heavy atom. The number of aryl methyl sites for hydroxylation is 1. The van der Waals surface area contributed by atoms with Crippen LogP contribution in [0.3, 0.4) is 0 Å². The van der Waals surface area contributed by atoms with Crippen molar-refractivity contribution in [3.63, 3.8) is 0 Å². The lowest BCUT2D eigenvalue weighted by Crippen LogP contribution is -2.20. The lowest BCUT2D eigenvalue weighted by Gasteiger charge is -2.16. The van der Waals surface area contributed by atoms with Crippen LogP contribution in [0.15, 0.2) is 53.7 Å². The Bertz CT molecular complexity index is 968. The van der Waals surface area contributed by atoms with Gasteiger partial charge in [0.1, 0.15) is 11.0 Å². The van der Waals surface area contributed by atoms with E-state index < -0.39 is 0 Å². The summed E-state index contributed by atoms with van der Waals surface area (Å²) >= 11 is 1.40. The molecule has 0 aliphatic rings. The number of hydrogen-bond acceptors (Lipinski definition) is 6. The Morgan fingerprint density at radius 1 is 1.07 bits per heavy atom. The largest absolute Gasteiger partial charge is 0.497 e. The number of thioether (sulfide) groups is 1. The third kappa shape index (κ3) is 5.02. The van der Waals surface area contributed by atoms with E-state index in [2.05, 4.69) is 29.3 Å². The fourth-order valence-corrected chi connectivity index (χ4v) is 4.21. The van der Waals surface area contributed by atoms with Crippen LogP contribution in [0.2, 0.25) is 0 Å². The van der Waals surface area contributed by atoms with Gasteiger partial charge in [0.2, 0.25) is 0 Å². The number of ether oxygens (including phenoxy) is 2. The molecular weight excluding hydrogens is 398 g/mol. The minimum Gasteiger partial charge on any atom is -0.497 e. The topological polar surface area (TPSA) is 66.2 Å². The minimum absolute atomic E-state index is 0.214.